The van der Waals surface area contributed by atoms with Crippen molar-refractivity contribution in [2.45, 2.75) is 0 Å². The van der Waals surface area contributed by atoms with Gasteiger partial charge in [0.15, 0.2) is 5.30 Å². The van der Waals surface area contributed by atoms with E-state index in [-0.39, 0.29) is 16.6 Å². The summed E-state index contributed by atoms with van der Waals surface area (Å²) in [6.45, 7) is 0. The maximum Gasteiger partial charge on any atom is 0.348 e. The Morgan fingerprint density at radius 3 is 2.17 bits per heavy atom. The second kappa shape index (κ2) is 9.05. The Balaban J connectivity index is 0.000000816. The highest BCUT2D eigenvalue weighted by atomic mass is 31.1. The molecule has 2 rings (SSSR count). The number of anilines is 1. The van der Waals surface area contributed by atoms with Crippen molar-refractivity contribution >= 4 is 24.9 Å². The Bertz CT molecular complexity index is 691. The largest absolute Gasteiger partial charge is 0.591 e. The molecular weight excluding hydrogens is 325 g/mol. The Kier molecular flexibility index (Phi) is 7.41. The van der Waals surface area contributed by atoms with Crippen molar-refractivity contribution in [1.29, 1.82) is 0 Å². The summed E-state index contributed by atoms with van der Waals surface area (Å²) in [5, 5.41) is 5.02. The number of carbonyl (C=O) groups is 1. The average molecular weight is 340 g/mol. The van der Waals surface area contributed by atoms with Crippen LogP contribution in [0.25, 0.3) is 0 Å². The first-order valence-corrected chi connectivity index (χ1v) is 7.65. The lowest BCUT2D eigenvalue weighted by Gasteiger charge is -2.05. The molecule has 0 spiro atoms. The number of hydrogen-bond acceptors (Lipinski definition) is 4. The maximum absolute atomic E-state index is 13.0. The molecule has 0 saturated carbocycles. The molecule has 0 aliphatic heterocycles. The zero-order valence-electron chi connectivity index (χ0n) is 12.5. The summed E-state index contributed by atoms with van der Waals surface area (Å²) in [5.74, 6) is -2.30. The summed E-state index contributed by atoms with van der Waals surface area (Å²) in [6, 6.07) is 7.91. The van der Waals surface area contributed by atoms with Crippen LogP contribution in [0.4, 0.5) is 14.5 Å². The molecule has 0 aromatic heterocycles. The molecule has 122 valence electrons. The molecule has 5 nitrogen and oxygen atoms in total. The van der Waals surface area contributed by atoms with Crippen molar-refractivity contribution in [2.24, 2.45) is 0 Å². The van der Waals surface area contributed by atoms with E-state index in [1.807, 2.05) is 14.1 Å². The van der Waals surface area contributed by atoms with Gasteiger partial charge in [0, 0.05) is 23.4 Å². The standard InChI is InChI=1S/C13H8F2NO3P.C2H7N/c14-9-5-10(15)7-11(6-9)16-13(17)8-2-1-3-12(4-8)20(18)19;1-3-2/h1-7H,(H,16,17);3H,1-2H3. The SMILES string of the molecule is CNC.O=C(Nc1cc(F)cc(F)c1)c1cccc([P+](=O)[O-])c1. The normalized spacial score (nSPS) is 10.4. The number of benzene rings is 2. The fraction of sp³-hybridized carbons (Fsp3) is 0.133. The van der Waals surface area contributed by atoms with Crippen LogP contribution in [0.2, 0.25) is 0 Å². The summed E-state index contributed by atoms with van der Waals surface area (Å²) in [4.78, 5) is 22.7. The minimum absolute atomic E-state index is 0.0157. The van der Waals surface area contributed by atoms with Gasteiger partial charge in [-0.1, -0.05) is 10.6 Å². The van der Waals surface area contributed by atoms with Gasteiger partial charge >= 0.3 is 8.03 Å². The van der Waals surface area contributed by atoms with Crippen LogP contribution in [0.15, 0.2) is 42.5 Å². The summed E-state index contributed by atoms with van der Waals surface area (Å²) in [7, 11) is 0.944. The molecule has 0 heterocycles. The molecule has 8 heteroatoms. The molecule has 2 aromatic carbocycles. The van der Waals surface area contributed by atoms with Crippen molar-refractivity contribution < 1.29 is 23.0 Å². The van der Waals surface area contributed by atoms with Crippen LogP contribution in [0, 0.1) is 11.6 Å². The van der Waals surface area contributed by atoms with E-state index >= 15 is 0 Å². The van der Waals surface area contributed by atoms with Crippen molar-refractivity contribution in [3.05, 3.63) is 59.7 Å². The molecule has 0 bridgehead atoms. The fourth-order valence-electron chi connectivity index (χ4n) is 1.59. The average Bonchev–Trinajstić information content (AvgIpc) is 2.47. The van der Waals surface area contributed by atoms with E-state index < -0.39 is 25.6 Å². The molecule has 23 heavy (non-hydrogen) atoms. The smallest absolute Gasteiger partial charge is 0.348 e. The third-order valence-corrected chi connectivity index (χ3v) is 3.14. The molecule has 0 radical (unpaired) electrons. The van der Waals surface area contributed by atoms with Gasteiger partial charge < -0.3 is 15.5 Å². The highest BCUT2D eigenvalue weighted by Crippen LogP contribution is 2.15. The van der Waals surface area contributed by atoms with Crippen LogP contribution in [0.3, 0.4) is 0 Å². The lowest BCUT2D eigenvalue weighted by molar-refractivity contribution is -0.160. The van der Waals surface area contributed by atoms with Crippen LogP contribution in [0.5, 0.6) is 0 Å². The molecule has 0 fully saturated rings. The Morgan fingerprint density at radius 1 is 1.09 bits per heavy atom. The lowest BCUT2D eigenvalue weighted by Crippen LogP contribution is -2.15. The van der Waals surface area contributed by atoms with Gasteiger partial charge in [0.1, 0.15) is 11.6 Å². The highest BCUT2D eigenvalue weighted by Gasteiger charge is 2.13. The quantitative estimate of drug-likeness (QED) is 0.835. The number of amides is 1. The van der Waals surface area contributed by atoms with Gasteiger partial charge in [0.2, 0.25) is 0 Å². The van der Waals surface area contributed by atoms with Crippen LogP contribution in [0.1, 0.15) is 10.4 Å². The topological polar surface area (TPSA) is 81.3 Å². The molecule has 0 aliphatic rings. The van der Waals surface area contributed by atoms with Gasteiger partial charge in [-0.3, -0.25) is 4.79 Å². The van der Waals surface area contributed by atoms with Gasteiger partial charge in [0.05, 0.1) is 0 Å². The van der Waals surface area contributed by atoms with Gasteiger partial charge in [-0.2, -0.15) is 0 Å². The Labute approximate surface area is 133 Å². The van der Waals surface area contributed by atoms with Crippen LogP contribution >= 0.6 is 8.03 Å². The monoisotopic (exact) mass is 340 g/mol. The zero-order valence-corrected chi connectivity index (χ0v) is 13.4. The Hall–Kier alpha value is -2.21. The molecular formula is C15H15F2N2O3P. The summed E-state index contributed by atoms with van der Waals surface area (Å²) in [6.07, 6.45) is 0. The molecule has 1 unspecified atom stereocenters. The van der Waals surface area contributed by atoms with Crippen molar-refractivity contribution in [3.8, 4) is 0 Å². The molecule has 0 saturated heterocycles. The number of rotatable bonds is 3. The molecule has 2 N–H and O–H groups in total. The predicted octanol–water partition coefficient (Wildman–Crippen LogP) is 1.78. The van der Waals surface area contributed by atoms with Gasteiger partial charge in [0.25, 0.3) is 5.91 Å². The summed E-state index contributed by atoms with van der Waals surface area (Å²) in [5.41, 5.74) is 0.0239. The Morgan fingerprint density at radius 2 is 1.65 bits per heavy atom. The van der Waals surface area contributed by atoms with E-state index in [9.17, 15) is 23.0 Å². The molecule has 0 aliphatic carbocycles. The molecule has 1 amide bonds. The third kappa shape index (κ3) is 6.20. The van der Waals surface area contributed by atoms with Gasteiger partial charge in [-0.05, 0) is 38.4 Å². The molecule has 2 aromatic rings. The van der Waals surface area contributed by atoms with Crippen LogP contribution in [-0.4, -0.2) is 20.0 Å². The zero-order chi connectivity index (χ0) is 17.4. The minimum atomic E-state index is -2.81. The lowest BCUT2D eigenvalue weighted by atomic mass is 10.2. The van der Waals surface area contributed by atoms with E-state index in [4.69, 9.17) is 0 Å². The highest BCUT2D eigenvalue weighted by molar-refractivity contribution is 7.45. The summed E-state index contributed by atoms with van der Waals surface area (Å²) < 4.78 is 36.8. The second-order valence-corrected chi connectivity index (χ2v) is 5.45. The number of nitrogens with one attached hydrogen (secondary N) is 2. The number of carbonyl (C=O) groups excluding carboxylic acids is 1. The first kappa shape index (κ1) is 18.8. The van der Waals surface area contributed by atoms with E-state index in [0.717, 1.165) is 12.1 Å². The van der Waals surface area contributed by atoms with E-state index in [2.05, 4.69) is 10.6 Å². The van der Waals surface area contributed by atoms with Crippen molar-refractivity contribution in [3.63, 3.8) is 0 Å². The predicted molar refractivity (Wildman–Crippen MR) is 83.0 cm³/mol. The van der Waals surface area contributed by atoms with Crippen molar-refractivity contribution in [1.82, 2.24) is 5.32 Å². The summed E-state index contributed by atoms with van der Waals surface area (Å²) >= 11 is 0. The number of hydrogen-bond donors (Lipinski definition) is 2. The van der Waals surface area contributed by atoms with E-state index in [1.165, 1.54) is 24.3 Å². The maximum atomic E-state index is 13.0. The van der Waals surface area contributed by atoms with E-state index in [1.54, 1.807) is 0 Å². The number of halogens is 2. The van der Waals surface area contributed by atoms with Gasteiger partial charge in [-0.25, -0.2) is 8.78 Å². The fourth-order valence-corrected chi connectivity index (χ4v) is 2.04. The first-order chi connectivity index (χ1) is 10.9. The van der Waals surface area contributed by atoms with Crippen LogP contribution in [-0.2, 0) is 4.57 Å². The van der Waals surface area contributed by atoms with E-state index in [0.29, 0.717) is 6.07 Å². The molecule has 1 atom stereocenters. The van der Waals surface area contributed by atoms with Gasteiger partial charge in [-0.15, -0.1) is 0 Å². The minimum Gasteiger partial charge on any atom is -0.591 e. The van der Waals surface area contributed by atoms with Crippen molar-refractivity contribution in [2.75, 3.05) is 19.4 Å². The van der Waals surface area contributed by atoms with Crippen LogP contribution < -0.4 is 20.8 Å². The third-order valence-electron chi connectivity index (χ3n) is 2.44. The second-order valence-electron chi connectivity index (χ2n) is 4.42. The first-order valence-electron chi connectivity index (χ1n) is 6.47.